The maximum Gasteiger partial charge on any atom is 0.254 e. The standard InChI is InChI=1S/C26H29N7O/c1-17-7-8-33-23(13-17)20(16-29-33)19-4-5-22(25-21(19)15-28-26(25)34)30-24-6-3-18(14-27-24)32-11-9-31(2)10-12-32/h3-6,14,16H,1,7-13,15H2,2H3,(H,27,30)(H,28,34). The van der Waals surface area contributed by atoms with Gasteiger partial charge in [0.1, 0.15) is 5.82 Å². The lowest BCUT2D eigenvalue weighted by atomic mass is 9.93. The molecule has 34 heavy (non-hydrogen) atoms. The Morgan fingerprint density at radius 3 is 2.68 bits per heavy atom. The summed E-state index contributed by atoms with van der Waals surface area (Å²) in [6.07, 6.45) is 5.64. The molecule has 0 aliphatic carbocycles. The molecule has 174 valence electrons. The highest BCUT2D eigenvalue weighted by atomic mass is 16.1. The fraction of sp³-hybridized carbons (Fsp3) is 0.346. The minimum Gasteiger partial charge on any atom is -0.368 e. The second-order valence-electron chi connectivity index (χ2n) is 9.42. The van der Waals surface area contributed by atoms with E-state index < -0.39 is 0 Å². The van der Waals surface area contributed by atoms with E-state index in [1.807, 2.05) is 24.5 Å². The van der Waals surface area contributed by atoms with Crippen LogP contribution < -0.4 is 15.5 Å². The maximum atomic E-state index is 12.8. The number of carbonyl (C=O) groups is 1. The molecule has 2 N–H and O–H groups in total. The zero-order valence-corrected chi connectivity index (χ0v) is 19.5. The zero-order chi connectivity index (χ0) is 23.2. The number of fused-ring (bicyclic) bond motifs is 2. The van der Waals surface area contributed by atoms with E-state index in [0.29, 0.717) is 12.1 Å². The van der Waals surface area contributed by atoms with E-state index in [-0.39, 0.29) is 5.91 Å². The van der Waals surface area contributed by atoms with Gasteiger partial charge in [0.05, 0.1) is 35.0 Å². The van der Waals surface area contributed by atoms with Crippen LogP contribution in [0, 0.1) is 0 Å². The van der Waals surface area contributed by atoms with Gasteiger partial charge in [0, 0.05) is 51.3 Å². The van der Waals surface area contributed by atoms with Gasteiger partial charge in [-0.3, -0.25) is 9.48 Å². The molecule has 1 amide bonds. The molecule has 1 aromatic carbocycles. The molecule has 0 unspecified atom stereocenters. The van der Waals surface area contributed by atoms with Gasteiger partial charge in [-0.1, -0.05) is 18.2 Å². The normalized spacial score (nSPS) is 18.0. The van der Waals surface area contributed by atoms with Crippen molar-refractivity contribution in [2.24, 2.45) is 0 Å². The Morgan fingerprint density at radius 1 is 1.03 bits per heavy atom. The monoisotopic (exact) mass is 455 g/mol. The number of piperazine rings is 1. The Balaban J connectivity index is 1.29. The summed E-state index contributed by atoms with van der Waals surface area (Å²) < 4.78 is 2.07. The van der Waals surface area contributed by atoms with Crippen LogP contribution >= 0.6 is 0 Å². The summed E-state index contributed by atoms with van der Waals surface area (Å²) in [6, 6.07) is 8.16. The number of hydrogen-bond donors (Lipinski definition) is 2. The van der Waals surface area contributed by atoms with Crippen molar-refractivity contribution in [1.82, 2.24) is 25.0 Å². The van der Waals surface area contributed by atoms with Gasteiger partial charge in [-0.2, -0.15) is 5.10 Å². The highest BCUT2D eigenvalue weighted by molar-refractivity contribution is 6.06. The number of benzene rings is 1. The van der Waals surface area contributed by atoms with Crippen molar-refractivity contribution in [2.75, 3.05) is 43.4 Å². The SMILES string of the molecule is C=C1CCn2ncc(-c3ccc(Nc4ccc(N5CCN(C)CC5)cn4)c4c3CNC4=O)c2C1. The molecule has 3 aromatic rings. The number of amides is 1. The lowest BCUT2D eigenvalue weighted by Crippen LogP contribution is -2.44. The molecule has 3 aliphatic heterocycles. The number of nitrogens with zero attached hydrogens (tertiary/aromatic N) is 5. The number of carbonyl (C=O) groups excluding carboxylic acids is 1. The van der Waals surface area contributed by atoms with Gasteiger partial charge < -0.3 is 20.4 Å². The predicted molar refractivity (Wildman–Crippen MR) is 134 cm³/mol. The van der Waals surface area contributed by atoms with Crippen molar-refractivity contribution in [1.29, 1.82) is 0 Å². The van der Waals surface area contributed by atoms with Crippen LogP contribution in [0.2, 0.25) is 0 Å². The second-order valence-corrected chi connectivity index (χ2v) is 9.42. The lowest BCUT2D eigenvalue weighted by Gasteiger charge is -2.33. The maximum absolute atomic E-state index is 12.8. The van der Waals surface area contributed by atoms with Gasteiger partial charge in [0.2, 0.25) is 0 Å². The van der Waals surface area contributed by atoms with Gasteiger partial charge in [0.25, 0.3) is 5.91 Å². The van der Waals surface area contributed by atoms with Crippen molar-refractivity contribution in [3.8, 4) is 11.1 Å². The first-order valence-electron chi connectivity index (χ1n) is 11.9. The van der Waals surface area contributed by atoms with E-state index in [0.717, 1.165) is 79.4 Å². The van der Waals surface area contributed by atoms with Crippen LogP contribution in [0.4, 0.5) is 17.2 Å². The quantitative estimate of drug-likeness (QED) is 0.589. The molecule has 1 saturated heterocycles. The van der Waals surface area contributed by atoms with E-state index >= 15 is 0 Å². The van der Waals surface area contributed by atoms with Crippen molar-refractivity contribution in [3.05, 3.63) is 65.6 Å². The van der Waals surface area contributed by atoms with E-state index in [1.165, 1.54) is 11.3 Å². The number of aromatic nitrogens is 3. The Kier molecular flexibility index (Phi) is 5.10. The molecule has 0 saturated carbocycles. The molecule has 8 heteroatoms. The van der Waals surface area contributed by atoms with E-state index in [2.05, 4.69) is 61.0 Å². The minimum absolute atomic E-state index is 0.0566. The Labute approximate surface area is 199 Å². The molecule has 1 fully saturated rings. The highest BCUT2D eigenvalue weighted by Gasteiger charge is 2.28. The summed E-state index contributed by atoms with van der Waals surface area (Å²) in [6.45, 7) is 9.69. The Bertz CT molecular complexity index is 1270. The van der Waals surface area contributed by atoms with Crippen LogP contribution in [-0.4, -0.2) is 58.8 Å². The van der Waals surface area contributed by atoms with Crippen molar-refractivity contribution < 1.29 is 4.79 Å². The van der Waals surface area contributed by atoms with Crippen molar-refractivity contribution in [2.45, 2.75) is 25.9 Å². The summed E-state index contributed by atoms with van der Waals surface area (Å²) in [4.78, 5) is 22.1. The van der Waals surface area contributed by atoms with Crippen LogP contribution in [0.3, 0.4) is 0 Å². The van der Waals surface area contributed by atoms with Crippen LogP contribution in [-0.2, 0) is 19.5 Å². The number of allylic oxidation sites excluding steroid dienone is 1. The van der Waals surface area contributed by atoms with Gasteiger partial charge in [-0.15, -0.1) is 0 Å². The van der Waals surface area contributed by atoms with Crippen LogP contribution in [0.5, 0.6) is 0 Å². The highest BCUT2D eigenvalue weighted by Crippen LogP contribution is 2.38. The summed E-state index contributed by atoms with van der Waals surface area (Å²) in [7, 11) is 2.15. The first kappa shape index (κ1) is 20.9. The summed E-state index contributed by atoms with van der Waals surface area (Å²) in [5, 5.41) is 11.0. The van der Waals surface area contributed by atoms with E-state index in [4.69, 9.17) is 0 Å². The number of aryl methyl sites for hydroxylation is 1. The first-order chi connectivity index (χ1) is 16.6. The Morgan fingerprint density at radius 2 is 1.88 bits per heavy atom. The summed E-state index contributed by atoms with van der Waals surface area (Å²) >= 11 is 0. The lowest BCUT2D eigenvalue weighted by molar-refractivity contribution is 0.0966. The largest absolute Gasteiger partial charge is 0.368 e. The average molecular weight is 456 g/mol. The van der Waals surface area contributed by atoms with Crippen LogP contribution in [0.15, 0.2) is 48.8 Å². The Hall–Kier alpha value is -3.65. The number of rotatable bonds is 4. The van der Waals surface area contributed by atoms with Gasteiger partial charge >= 0.3 is 0 Å². The van der Waals surface area contributed by atoms with Crippen LogP contribution in [0.25, 0.3) is 11.1 Å². The molecular formula is C26H29N7O. The van der Waals surface area contributed by atoms with Gasteiger partial charge in [-0.25, -0.2) is 4.98 Å². The molecule has 8 nitrogen and oxygen atoms in total. The molecule has 0 atom stereocenters. The number of likely N-dealkylation sites (N-methyl/N-ethyl adjacent to an activating group) is 1. The zero-order valence-electron chi connectivity index (χ0n) is 19.5. The minimum atomic E-state index is -0.0566. The summed E-state index contributed by atoms with van der Waals surface area (Å²) in [5.41, 5.74) is 8.17. The molecule has 6 rings (SSSR count). The fourth-order valence-electron chi connectivity index (χ4n) is 5.16. The average Bonchev–Trinajstić information content (AvgIpc) is 3.44. The van der Waals surface area contributed by atoms with Crippen LogP contribution in [0.1, 0.15) is 28.0 Å². The fourth-order valence-corrected chi connectivity index (χ4v) is 5.16. The third-order valence-electron chi connectivity index (χ3n) is 7.18. The second kappa shape index (κ2) is 8.29. The number of anilines is 3. The molecule has 0 bridgehead atoms. The van der Waals surface area contributed by atoms with E-state index in [1.54, 1.807) is 0 Å². The van der Waals surface area contributed by atoms with Crippen molar-refractivity contribution >= 4 is 23.1 Å². The molecular weight excluding hydrogens is 426 g/mol. The van der Waals surface area contributed by atoms with Crippen molar-refractivity contribution in [3.63, 3.8) is 0 Å². The van der Waals surface area contributed by atoms with Gasteiger partial charge in [-0.05, 0) is 42.8 Å². The third-order valence-corrected chi connectivity index (χ3v) is 7.18. The molecule has 5 heterocycles. The molecule has 0 spiro atoms. The predicted octanol–water partition coefficient (Wildman–Crippen LogP) is 3.19. The number of nitrogens with one attached hydrogen (secondary N) is 2. The third kappa shape index (κ3) is 3.64. The molecule has 0 radical (unpaired) electrons. The number of hydrogen-bond acceptors (Lipinski definition) is 6. The molecule has 2 aromatic heterocycles. The first-order valence-corrected chi connectivity index (χ1v) is 11.9. The van der Waals surface area contributed by atoms with E-state index in [9.17, 15) is 4.79 Å². The topological polar surface area (TPSA) is 78.3 Å². The molecule has 3 aliphatic rings. The van der Waals surface area contributed by atoms with Gasteiger partial charge in [0.15, 0.2) is 0 Å². The summed E-state index contributed by atoms with van der Waals surface area (Å²) in [5.74, 6) is 0.672. The number of pyridine rings is 1. The smallest absolute Gasteiger partial charge is 0.254 e.